The van der Waals surface area contributed by atoms with Gasteiger partial charge in [-0.2, -0.15) is 0 Å². The van der Waals surface area contributed by atoms with Crippen LogP contribution in [0.1, 0.15) is 27.0 Å². The Morgan fingerprint density at radius 3 is 2.59 bits per heavy atom. The zero-order chi connectivity index (χ0) is 15.7. The van der Waals surface area contributed by atoms with Gasteiger partial charge in [0, 0.05) is 21.5 Å². The minimum absolute atomic E-state index is 0.106. The lowest BCUT2D eigenvalue weighted by Gasteiger charge is -2.20. The van der Waals surface area contributed by atoms with Crippen molar-refractivity contribution in [3.05, 3.63) is 38.0 Å². The van der Waals surface area contributed by atoms with Gasteiger partial charge >= 0.3 is 0 Å². The molecule has 0 fully saturated rings. The molecule has 0 unspecified atom stereocenters. The van der Waals surface area contributed by atoms with Crippen LogP contribution in [0.4, 0.5) is 5.69 Å². The fraction of sp³-hybridized carbons (Fsp3) is 0.312. The molecule has 1 aromatic carbocycles. The topological polar surface area (TPSA) is 47.6 Å². The third-order valence-electron chi connectivity index (χ3n) is 3.51. The summed E-state index contributed by atoms with van der Waals surface area (Å²) in [6, 6.07) is 5.57. The Morgan fingerprint density at radius 2 is 1.95 bits per heavy atom. The van der Waals surface area contributed by atoms with Crippen molar-refractivity contribution in [3.8, 4) is 11.5 Å². The summed E-state index contributed by atoms with van der Waals surface area (Å²) < 4.78 is 11.8. The van der Waals surface area contributed by atoms with Crippen molar-refractivity contribution in [1.29, 1.82) is 0 Å². The number of thiophene rings is 1. The average molecular weight is 382 g/mol. The highest BCUT2D eigenvalue weighted by Gasteiger charge is 2.18. The van der Waals surface area contributed by atoms with Crippen LogP contribution in [-0.2, 0) is 6.42 Å². The van der Waals surface area contributed by atoms with E-state index in [4.69, 9.17) is 9.47 Å². The highest BCUT2D eigenvalue weighted by Crippen LogP contribution is 2.38. The zero-order valence-electron chi connectivity index (χ0n) is 12.4. The van der Waals surface area contributed by atoms with Gasteiger partial charge in [0.25, 0.3) is 5.91 Å². The molecule has 0 saturated carbocycles. The number of ether oxygens (including phenoxy) is 2. The van der Waals surface area contributed by atoms with Crippen molar-refractivity contribution >= 4 is 38.9 Å². The fourth-order valence-corrected chi connectivity index (χ4v) is 3.76. The molecule has 6 heteroatoms. The van der Waals surface area contributed by atoms with E-state index >= 15 is 0 Å². The highest BCUT2D eigenvalue weighted by molar-refractivity contribution is 9.10. The van der Waals surface area contributed by atoms with Crippen molar-refractivity contribution < 1.29 is 14.3 Å². The van der Waals surface area contributed by atoms with E-state index in [-0.39, 0.29) is 5.91 Å². The number of fused-ring (bicyclic) bond motifs is 1. The lowest BCUT2D eigenvalue weighted by molar-refractivity contribution is 0.103. The molecule has 0 atom stereocenters. The molecule has 0 saturated heterocycles. The molecule has 0 radical (unpaired) electrons. The number of halogens is 1. The van der Waals surface area contributed by atoms with Crippen LogP contribution in [0, 0.1) is 6.92 Å². The van der Waals surface area contributed by atoms with E-state index in [9.17, 15) is 4.79 Å². The smallest absolute Gasteiger partial charge is 0.265 e. The molecule has 1 N–H and O–H groups in total. The number of aryl methyl sites for hydroxylation is 2. The molecule has 0 aliphatic carbocycles. The van der Waals surface area contributed by atoms with Crippen LogP contribution in [0.25, 0.3) is 0 Å². The number of anilines is 1. The van der Waals surface area contributed by atoms with E-state index in [2.05, 4.69) is 28.2 Å². The summed E-state index contributed by atoms with van der Waals surface area (Å²) in [5.41, 5.74) is 1.90. The molecule has 4 nitrogen and oxygen atoms in total. The normalized spacial score (nSPS) is 13.0. The minimum Gasteiger partial charge on any atom is -0.486 e. The van der Waals surface area contributed by atoms with Crippen LogP contribution in [0.2, 0.25) is 0 Å². The Labute approximate surface area is 141 Å². The third kappa shape index (κ3) is 2.98. The SMILES string of the molecule is CCc1cc(C(=O)Nc2cc3c(cc2Br)OCCO3)sc1C. The van der Waals surface area contributed by atoms with Crippen LogP contribution >= 0.6 is 27.3 Å². The van der Waals surface area contributed by atoms with E-state index < -0.39 is 0 Å². The monoisotopic (exact) mass is 381 g/mol. The molecule has 1 aromatic heterocycles. The molecular weight excluding hydrogens is 366 g/mol. The van der Waals surface area contributed by atoms with Crippen LogP contribution in [0.3, 0.4) is 0 Å². The summed E-state index contributed by atoms with van der Waals surface area (Å²) >= 11 is 4.98. The predicted molar refractivity (Wildman–Crippen MR) is 91.5 cm³/mol. The van der Waals surface area contributed by atoms with Crippen LogP contribution in [-0.4, -0.2) is 19.1 Å². The van der Waals surface area contributed by atoms with Gasteiger partial charge in [-0.1, -0.05) is 6.92 Å². The first-order chi connectivity index (χ1) is 10.6. The summed E-state index contributed by atoms with van der Waals surface area (Å²) in [5, 5.41) is 2.93. The summed E-state index contributed by atoms with van der Waals surface area (Å²) in [5.74, 6) is 1.24. The number of benzene rings is 1. The quantitative estimate of drug-likeness (QED) is 0.856. The number of amides is 1. The summed E-state index contributed by atoms with van der Waals surface area (Å²) in [7, 11) is 0. The molecule has 1 aliphatic heterocycles. The zero-order valence-corrected chi connectivity index (χ0v) is 14.8. The Bertz CT molecular complexity index is 726. The molecule has 0 bridgehead atoms. The van der Waals surface area contributed by atoms with E-state index in [1.54, 1.807) is 6.07 Å². The van der Waals surface area contributed by atoms with Crippen LogP contribution in [0.15, 0.2) is 22.7 Å². The van der Waals surface area contributed by atoms with Gasteiger partial charge in [0.15, 0.2) is 11.5 Å². The Hall–Kier alpha value is -1.53. The second-order valence-corrected chi connectivity index (χ2v) is 7.09. The van der Waals surface area contributed by atoms with Gasteiger partial charge in [-0.05, 0) is 40.9 Å². The van der Waals surface area contributed by atoms with Gasteiger partial charge in [-0.15, -0.1) is 11.3 Å². The largest absolute Gasteiger partial charge is 0.486 e. The maximum atomic E-state index is 12.4. The Balaban J connectivity index is 1.84. The first kappa shape index (κ1) is 15.4. The van der Waals surface area contributed by atoms with Crippen molar-refractivity contribution in [2.75, 3.05) is 18.5 Å². The molecule has 2 aromatic rings. The van der Waals surface area contributed by atoms with Crippen molar-refractivity contribution in [3.63, 3.8) is 0 Å². The number of nitrogens with one attached hydrogen (secondary N) is 1. The summed E-state index contributed by atoms with van der Waals surface area (Å²) in [6.45, 7) is 5.19. The van der Waals surface area contributed by atoms with Gasteiger partial charge in [-0.25, -0.2) is 0 Å². The average Bonchev–Trinajstić information content (AvgIpc) is 2.89. The van der Waals surface area contributed by atoms with E-state index in [1.807, 2.05) is 19.1 Å². The Morgan fingerprint density at radius 1 is 1.27 bits per heavy atom. The maximum absolute atomic E-state index is 12.4. The molecule has 116 valence electrons. The summed E-state index contributed by atoms with van der Waals surface area (Å²) in [4.78, 5) is 14.3. The molecule has 0 spiro atoms. The maximum Gasteiger partial charge on any atom is 0.265 e. The van der Waals surface area contributed by atoms with Gasteiger partial charge in [0.2, 0.25) is 0 Å². The minimum atomic E-state index is -0.106. The van der Waals surface area contributed by atoms with Gasteiger partial charge in [-0.3, -0.25) is 4.79 Å². The van der Waals surface area contributed by atoms with Gasteiger partial charge < -0.3 is 14.8 Å². The number of hydrogen-bond acceptors (Lipinski definition) is 4. The van der Waals surface area contributed by atoms with Crippen molar-refractivity contribution in [1.82, 2.24) is 0 Å². The number of carbonyl (C=O) groups is 1. The van der Waals surface area contributed by atoms with Gasteiger partial charge in [0.05, 0.1) is 10.6 Å². The first-order valence-corrected chi connectivity index (χ1v) is 8.69. The highest BCUT2D eigenvalue weighted by atomic mass is 79.9. The van der Waals surface area contributed by atoms with E-state index in [0.29, 0.717) is 30.4 Å². The standard InChI is InChI=1S/C16H16BrNO3S/c1-3-10-6-15(22-9(10)2)16(19)18-12-8-14-13(7-11(12)17)20-4-5-21-14/h6-8H,3-5H2,1-2H3,(H,18,19). The molecule has 22 heavy (non-hydrogen) atoms. The second-order valence-electron chi connectivity index (χ2n) is 4.98. The van der Waals surface area contributed by atoms with Gasteiger partial charge in [0.1, 0.15) is 13.2 Å². The second kappa shape index (κ2) is 6.30. The van der Waals surface area contributed by atoms with E-state index in [0.717, 1.165) is 15.8 Å². The van der Waals surface area contributed by atoms with Crippen LogP contribution in [0.5, 0.6) is 11.5 Å². The number of carbonyl (C=O) groups excluding carboxylic acids is 1. The fourth-order valence-electron chi connectivity index (χ4n) is 2.33. The lowest BCUT2D eigenvalue weighted by Crippen LogP contribution is -2.16. The molecule has 1 aliphatic rings. The lowest BCUT2D eigenvalue weighted by atomic mass is 10.2. The first-order valence-electron chi connectivity index (χ1n) is 7.08. The Kier molecular flexibility index (Phi) is 4.40. The van der Waals surface area contributed by atoms with E-state index in [1.165, 1.54) is 21.8 Å². The molecule has 2 heterocycles. The van der Waals surface area contributed by atoms with Crippen LogP contribution < -0.4 is 14.8 Å². The molecular formula is C16H16BrNO3S. The summed E-state index contributed by atoms with van der Waals surface area (Å²) in [6.07, 6.45) is 0.934. The number of hydrogen-bond donors (Lipinski definition) is 1. The molecule has 3 rings (SSSR count). The third-order valence-corrected chi connectivity index (χ3v) is 5.25. The van der Waals surface area contributed by atoms with Crippen molar-refractivity contribution in [2.45, 2.75) is 20.3 Å². The predicted octanol–water partition coefficient (Wildman–Crippen LogP) is 4.40. The van der Waals surface area contributed by atoms with Crippen molar-refractivity contribution in [2.24, 2.45) is 0 Å². The number of rotatable bonds is 3. The molecule has 1 amide bonds.